The van der Waals surface area contributed by atoms with Gasteiger partial charge in [-0.15, -0.1) is 23.1 Å². The number of nitrogens with one attached hydrogen (secondary N) is 3. The molecule has 9 nitrogen and oxygen atoms in total. The summed E-state index contributed by atoms with van der Waals surface area (Å²) >= 11 is 8.97. The predicted octanol–water partition coefficient (Wildman–Crippen LogP) is 8.67. The molecule has 6 rings (SSSR count). The number of thioether (sulfide) groups is 1. The van der Waals surface area contributed by atoms with Crippen LogP contribution in [0.4, 0.5) is 10.7 Å². The Balaban J connectivity index is 1.16. The highest BCUT2D eigenvalue weighted by Crippen LogP contribution is 2.39. The van der Waals surface area contributed by atoms with E-state index in [2.05, 4.69) is 33.0 Å². The molecule has 0 spiro atoms. The van der Waals surface area contributed by atoms with Crippen molar-refractivity contribution in [2.45, 2.75) is 43.0 Å². The maximum absolute atomic E-state index is 13.8. The van der Waals surface area contributed by atoms with Gasteiger partial charge in [-0.2, -0.15) is 0 Å². The summed E-state index contributed by atoms with van der Waals surface area (Å²) in [5, 5.41) is 9.16. The maximum atomic E-state index is 13.8. The Morgan fingerprint density at radius 2 is 1.67 bits per heavy atom. The second kappa shape index (κ2) is 18.2. The number of rotatable bonds is 13. The Morgan fingerprint density at radius 1 is 0.926 bits per heavy atom. The highest BCUT2D eigenvalue weighted by Gasteiger charge is 2.30. The second-order valence-electron chi connectivity index (χ2n) is 12.6. The number of nitrogens with zero attached hydrogens (tertiary/aromatic N) is 1. The fraction of sp³-hybridized carbons (Fsp3) is 0.190. The van der Waals surface area contributed by atoms with Crippen molar-refractivity contribution in [1.82, 2.24) is 10.2 Å². The number of carbonyl (C=O) groups excluding carboxylic acids is 4. The largest absolute Gasteiger partial charge is 0.465 e. The Kier molecular flexibility index (Phi) is 13.0. The van der Waals surface area contributed by atoms with Gasteiger partial charge in [-0.05, 0) is 78.1 Å². The molecule has 1 aromatic heterocycles. The summed E-state index contributed by atoms with van der Waals surface area (Å²) in [7, 11) is 1.35. The van der Waals surface area contributed by atoms with E-state index in [1.165, 1.54) is 35.8 Å². The summed E-state index contributed by atoms with van der Waals surface area (Å²) in [6, 6.07) is 33.0. The zero-order valence-electron chi connectivity index (χ0n) is 29.8. The fourth-order valence-electron chi connectivity index (χ4n) is 6.07. The summed E-state index contributed by atoms with van der Waals surface area (Å²) in [6.45, 7) is 4.18. The molecule has 0 fully saturated rings. The van der Waals surface area contributed by atoms with Crippen LogP contribution in [0.2, 0.25) is 5.02 Å². The summed E-state index contributed by atoms with van der Waals surface area (Å²) in [5.74, 6) is -1.68. The molecule has 0 aliphatic carbocycles. The first-order chi connectivity index (χ1) is 26.2. The van der Waals surface area contributed by atoms with Crippen LogP contribution < -0.4 is 16.0 Å². The topological polar surface area (TPSA) is 117 Å². The number of hydrogen-bond acceptors (Lipinski definition) is 8. The molecule has 1 aliphatic rings. The molecule has 0 saturated heterocycles. The summed E-state index contributed by atoms with van der Waals surface area (Å²) in [5.41, 5.74) is 4.11. The molecule has 2 heterocycles. The van der Waals surface area contributed by atoms with Crippen molar-refractivity contribution in [1.29, 1.82) is 0 Å². The monoisotopic (exact) mass is 778 g/mol. The maximum Gasteiger partial charge on any atom is 0.341 e. The van der Waals surface area contributed by atoms with Crippen molar-refractivity contribution in [2.24, 2.45) is 0 Å². The van der Waals surface area contributed by atoms with Gasteiger partial charge in [0, 0.05) is 45.7 Å². The van der Waals surface area contributed by atoms with E-state index in [0.29, 0.717) is 51.8 Å². The summed E-state index contributed by atoms with van der Waals surface area (Å²) in [6.07, 6.45) is 2.74. The first-order valence-corrected chi connectivity index (χ1v) is 19.5. The van der Waals surface area contributed by atoms with Crippen molar-refractivity contribution in [3.63, 3.8) is 0 Å². The number of benzene rings is 4. The first kappa shape index (κ1) is 38.5. The molecule has 0 radical (unpaired) electrons. The molecule has 0 bridgehead atoms. The lowest BCUT2D eigenvalue weighted by Crippen LogP contribution is -2.30. The van der Waals surface area contributed by atoms with E-state index in [0.717, 1.165) is 28.4 Å². The number of ether oxygens (including phenoxy) is 1. The molecule has 4 aromatic carbocycles. The number of fused-ring (bicyclic) bond motifs is 1. The molecule has 3 N–H and O–H groups in total. The molecule has 12 heteroatoms. The van der Waals surface area contributed by atoms with Crippen LogP contribution in [0.1, 0.15) is 55.6 Å². The molecule has 1 aliphatic heterocycles. The van der Waals surface area contributed by atoms with Gasteiger partial charge in [0.05, 0.1) is 17.9 Å². The van der Waals surface area contributed by atoms with Crippen LogP contribution in [-0.4, -0.2) is 47.5 Å². The zero-order valence-corrected chi connectivity index (χ0v) is 32.2. The minimum Gasteiger partial charge on any atom is -0.465 e. The van der Waals surface area contributed by atoms with E-state index in [1.54, 1.807) is 78.9 Å². The predicted molar refractivity (Wildman–Crippen MR) is 217 cm³/mol. The minimum absolute atomic E-state index is 0.0261. The van der Waals surface area contributed by atoms with Crippen molar-refractivity contribution in [3.05, 3.63) is 153 Å². The number of hydrogen-bond donors (Lipinski definition) is 3. The van der Waals surface area contributed by atoms with Gasteiger partial charge in [0.15, 0.2) is 0 Å². The molecular weight excluding hydrogens is 740 g/mol. The van der Waals surface area contributed by atoms with Gasteiger partial charge in [-0.1, -0.05) is 85.3 Å². The van der Waals surface area contributed by atoms with Crippen molar-refractivity contribution < 1.29 is 23.9 Å². The molecule has 276 valence electrons. The molecular formula is C42H39ClN4O5S2. The summed E-state index contributed by atoms with van der Waals surface area (Å²) < 4.78 is 5.16. The third-order valence-corrected chi connectivity index (χ3v) is 11.5. The molecule has 3 amide bonds. The number of anilines is 2. The average molecular weight is 779 g/mol. The van der Waals surface area contributed by atoms with Gasteiger partial charge < -0.3 is 20.7 Å². The van der Waals surface area contributed by atoms with Crippen LogP contribution in [-0.2, 0) is 33.8 Å². The SMILES string of the molecule is CCC(Sc1cccc(NC(=O)/C(=C/c2cccc(Cl)c2)NC(=O)c2ccccc2)c1)C(=O)Nc1sc2c(c1C(=O)OC)CCN(Cc1ccccc1)C2. The standard InChI is InChI=1S/C42H39ClN4O5S2/c1-3-35(40(50)46-41-37(42(51)52-2)33-20-21-47(26-36(33)54-41)25-27-12-6-4-7-13-27)53-32-19-11-18-31(24-32)44-39(49)34(23-28-14-10-17-30(43)22-28)45-38(48)29-15-8-5-9-16-29/h4-19,22-24,35H,3,20-21,25-26H2,1-2H3,(H,44,49)(H,45,48)(H,46,50)/b34-23-. The average Bonchev–Trinajstić information content (AvgIpc) is 3.54. The first-order valence-electron chi connectivity index (χ1n) is 17.4. The number of carbonyl (C=O) groups is 4. The molecule has 1 atom stereocenters. The molecule has 5 aromatic rings. The Bertz CT molecular complexity index is 2170. The zero-order chi connectivity index (χ0) is 38.0. The number of halogens is 1. The third kappa shape index (κ3) is 9.86. The van der Waals surface area contributed by atoms with Crippen LogP contribution in [0, 0.1) is 0 Å². The molecule has 54 heavy (non-hydrogen) atoms. The molecule has 1 unspecified atom stereocenters. The van der Waals surface area contributed by atoms with Gasteiger partial charge in [-0.25, -0.2) is 4.79 Å². The quantitative estimate of drug-likeness (QED) is 0.0623. The number of thiophene rings is 1. The van der Waals surface area contributed by atoms with E-state index in [9.17, 15) is 19.2 Å². The van der Waals surface area contributed by atoms with Crippen LogP contribution >= 0.6 is 34.7 Å². The number of methoxy groups -OCH3 is 1. The van der Waals surface area contributed by atoms with Crippen LogP contribution in [0.25, 0.3) is 6.08 Å². The van der Waals surface area contributed by atoms with E-state index >= 15 is 0 Å². The minimum atomic E-state index is -0.537. The van der Waals surface area contributed by atoms with Gasteiger partial charge in [0.25, 0.3) is 11.8 Å². The highest BCUT2D eigenvalue weighted by molar-refractivity contribution is 8.00. The van der Waals surface area contributed by atoms with Crippen molar-refractivity contribution >= 4 is 75.2 Å². The van der Waals surface area contributed by atoms with E-state index in [1.807, 2.05) is 31.2 Å². The van der Waals surface area contributed by atoms with Crippen molar-refractivity contribution in [2.75, 3.05) is 24.3 Å². The fourth-order valence-corrected chi connectivity index (χ4v) is 8.56. The highest BCUT2D eigenvalue weighted by atomic mass is 35.5. The lowest BCUT2D eigenvalue weighted by molar-refractivity contribution is -0.116. The van der Waals surface area contributed by atoms with Crippen LogP contribution in [0.15, 0.2) is 120 Å². The Hall–Kier alpha value is -5.20. The normalized spacial score (nSPS) is 13.4. The van der Waals surface area contributed by atoms with E-state index in [4.69, 9.17) is 16.3 Å². The second-order valence-corrected chi connectivity index (χ2v) is 15.4. The lowest BCUT2D eigenvalue weighted by atomic mass is 10.0. The van der Waals surface area contributed by atoms with Gasteiger partial charge >= 0.3 is 5.97 Å². The van der Waals surface area contributed by atoms with E-state index in [-0.39, 0.29) is 11.6 Å². The van der Waals surface area contributed by atoms with Gasteiger partial charge in [-0.3, -0.25) is 19.3 Å². The van der Waals surface area contributed by atoms with Crippen LogP contribution in [0.5, 0.6) is 0 Å². The number of esters is 1. The molecule has 0 saturated carbocycles. The number of amides is 3. The van der Waals surface area contributed by atoms with Crippen molar-refractivity contribution in [3.8, 4) is 0 Å². The van der Waals surface area contributed by atoms with Gasteiger partial charge in [0.1, 0.15) is 10.7 Å². The van der Waals surface area contributed by atoms with Crippen LogP contribution in [0.3, 0.4) is 0 Å². The van der Waals surface area contributed by atoms with Gasteiger partial charge in [0.2, 0.25) is 5.91 Å². The third-order valence-electron chi connectivity index (χ3n) is 8.73. The van der Waals surface area contributed by atoms with E-state index < -0.39 is 23.0 Å². The lowest BCUT2D eigenvalue weighted by Gasteiger charge is -2.27. The smallest absolute Gasteiger partial charge is 0.341 e. The summed E-state index contributed by atoms with van der Waals surface area (Å²) in [4.78, 5) is 57.6. The Morgan fingerprint density at radius 3 is 2.39 bits per heavy atom. The Labute approximate surface area is 327 Å².